The Morgan fingerprint density at radius 1 is 1.15 bits per heavy atom. The van der Waals surface area contributed by atoms with Crippen molar-refractivity contribution in [2.45, 2.75) is 33.2 Å². The molecule has 0 aliphatic carbocycles. The molecule has 2 rings (SSSR count). The average molecular weight is 361 g/mol. The lowest BCUT2D eigenvalue weighted by Gasteiger charge is -2.31. The van der Waals surface area contributed by atoms with Crippen molar-refractivity contribution in [1.82, 2.24) is 15.5 Å². The van der Waals surface area contributed by atoms with Gasteiger partial charge in [0.15, 0.2) is 0 Å². The Kier molecular flexibility index (Phi) is 7.60. The molecule has 1 fully saturated rings. The van der Waals surface area contributed by atoms with Crippen molar-refractivity contribution >= 4 is 11.8 Å². The number of hydrogen-bond donors (Lipinski definition) is 2. The third kappa shape index (κ3) is 6.77. The van der Waals surface area contributed by atoms with Crippen molar-refractivity contribution in [2.75, 3.05) is 39.4 Å². The van der Waals surface area contributed by atoms with Crippen molar-refractivity contribution < 1.29 is 14.3 Å². The van der Waals surface area contributed by atoms with Crippen molar-refractivity contribution in [3.8, 4) is 0 Å². The van der Waals surface area contributed by atoms with Gasteiger partial charge in [-0.3, -0.25) is 14.5 Å². The molecular weight excluding hydrogens is 330 g/mol. The predicted molar refractivity (Wildman–Crippen MR) is 102 cm³/mol. The Balaban J connectivity index is 1.89. The highest BCUT2D eigenvalue weighted by Gasteiger charge is 2.22. The average Bonchev–Trinajstić information content (AvgIpc) is 2.62. The summed E-state index contributed by atoms with van der Waals surface area (Å²) in [6, 6.07) is 9.94. The van der Waals surface area contributed by atoms with Gasteiger partial charge in [0, 0.05) is 38.0 Å². The van der Waals surface area contributed by atoms with Gasteiger partial charge >= 0.3 is 0 Å². The number of rotatable bonds is 7. The predicted octanol–water partition coefficient (Wildman–Crippen LogP) is 1.73. The van der Waals surface area contributed by atoms with Crippen LogP contribution in [0.2, 0.25) is 0 Å². The van der Waals surface area contributed by atoms with Crippen LogP contribution in [0.25, 0.3) is 0 Å². The topological polar surface area (TPSA) is 70.7 Å². The van der Waals surface area contributed by atoms with E-state index in [1.807, 2.05) is 51.1 Å². The number of carbonyl (C=O) groups excluding carboxylic acids is 2. The van der Waals surface area contributed by atoms with Gasteiger partial charge in [-0.05, 0) is 5.56 Å². The summed E-state index contributed by atoms with van der Waals surface area (Å²) in [4.78, 5) is 26.6. The maximum absolute atomic E-state index is 12.4. The first kappa shape index (κ1) is 20.4. The second kappa shape index (κ2) is 9.69. The molecule has 0 aromatic heterocycles. The summed E-state index contributed by atoms with van der Waals surface area (Å²) in [5, 5.41) is 5.94. The van der Waals surface area contributed by atoms with Gasteiger partial charge in [-0.25, -0.2) is 0 Å². The van der Waals surface area contributed by atoms with E-state index >= 15 is 0 Å². The largest absolute Gasteiger partial charge is 0.379 e. The highest BCUT2D eigenvalue weighted by Crippen LogP contribution is 2.16. The molecule has 26 heavy (non-hydrogen) atoms. The highest BCUT2D eigenvalue weighted by molar-refractivity contribution is 5.82. The summed E-state index contributed by atoms with van der Waals surface area (Å²) < 4.78 is 5.40. The van der Waals surface area contributed by atoms with E-state index < -0.39 is 5.41 Å². The summed E-state index contributed by atoms with van der Waals surface area (Å²) in [5.74, 6) is -0.0976. The summed E-state index contributed by atoms with van der Waals surface area (Å²) >= 11 is 0. The van der Waals surface area contributed by atoms with Gasteiger partial charge in [-0.2, -0.15) is 0 Å². The van der Waals surface area contributed by atoms with Gasteiger partial charge in [-0.1, -0.05) is 51.1 Å². The molecule has 6 heteroatoms. The van der Waals surface area contributed by atoms with Crippen LogP contribution >= 0.6 is 0 Å². The van der Waals surface area contributed by atoms with E-state index in [1.54, 1.807) is 0 Å². The van der Waals surface area contributed by atoms with Crippen molar-refractivity contribution in [2.24, 2.45) is 5.41 Å². The minimum absolute atomic E-state index is 0.0433. The second-order valence-electron chi connectivity index (χ2n) is 7.70. The van der Waals surface area contributed by atoms with Gasteiger partial charge in [0.2, 0.25) is 11.8 Å². The number of ether oxygens (including phenoxy) is 1. The number of hydrogen-bond acceptors (Lipinski definition) is 4. The fraction of sp³-hybridized carbons (Fsp3) is 0.600. The van der Waals surface area contributed by atoms with Crippen LogP contribution in [-0.4, -0.2) is 56.1 Å². The minimum Gasteiger partial charge on any atom is -0.379 e. The standard InChI is InChI=1S/C20H31N3O3/c1-20(2,3)19(25)21-10-9-18(24)22-17(16-7-5-4-6-8-16)15-23-11-13-26-14-12-23/h4-8,17H,9-15H2,1-3H3,(H,21,25)(H,22,24). The Labute approximate surface area is 156 Å². The SMILES string of the molecule is CC(C)(C)C(=O)NCCC(=O)NC(CN1CCOCC1)c1ccccc1. The van der Waals surface area contributed by atoms with E-state index in [-0.39, 0.29) is 24.3 Å². The number of carbonyl (C=O) groups is 2. The summed E-state index contributed by atoms with van der Waals surface area (Å²) in [5.41, 5.74) is 0.644. The molecule has 1 aliphatic heterocycles. The molecule has 2 N–H and O–H groups in total. The molecule has 0 spiro atoms. The molecule has 1 unspecified atom stereocenters. The zero-order valence-electron chi connectivity index (χ0n) is 16.1. The van der Waals surface area contributed by atoms with Crippen LogP contribution in [0.1, 0.15) is 38.8 Å². The van der Waals surface area contributed by atoms with Crippen molar-refractivity contribution in [3.63, 3.8) is 0 Å². The third-order valence-electron chi connectivity index (χ3n) is 4.40. The van der Waals surface area contributed by atoms with E-state index in [1.165, 1.54) is 0 Å². The maximum Gasteiger partial charge on any atom is 0.225 e. The summed E-state index contributed by atoms with van der Waals surface area (Å²) in [6.07, 6.45) is 0.272. The van der Waals surface area contributed by atoms with Crippen LogP contribution in [0.4, 0.5) is 0 Å². The first-order chi connectivity index (χ1) is 12.4. The first-order valence-corrected chi connectivity index (χ1v) is 9.29. The van der Waals surface area contributed by atoms with Crippen LogP contribution in [0, 0.1) is 5.41 Å². The molecule has 2 amide bonds. The molecule has 144 valence electrons. The maximum atomic E-state index is 12.4. The normalized spacial score (nSPS) is 16.7. The van der Waals surface area contributed by atoms with Gasteiger partial charge in [-0.15, -0.1) is 0 Å². The van der Waals surface area contributed by atoms with Crippen molar-refractivity contribution in [1.29, 1.82) is 0 Å². The monoisotopic (exact) mass is 361 g/mol. The Morgan fingerprint density at radius 2 is 1.81 bits per heavy atom. The molecule has 1 heterocycles. The van der Waals surface area contributed by atoms with Gasteiger partial charge < -0.3 is 15.4 Å². The lowest BCUT2D eigenvalue weighted by Crippen LogP contribution is -2.43. The fourth-order valence-corrected chi connectivity index (χ4v) is 2.78. The minimum atomic E-state index is -0.445. The van der Waals surface area contributed by atoms with E-state index in [9.17, 15) is 9.59 Å². The molecular formula is C20H31N3O3. The van der Waals surface area contributed by atoms with Crippen LogP contribution in [0.3, 0.4) is 0 Å². The quantitative estimate of drug-likeness (QED) is 0.776. The molecule has 1 aromatic carbocycles. The van der Waals surface area contributed by atoms with Crippen LogP contribution in [-0.2, 0) is 14.3 Å². The Hall–Kier alpha value is -1.92. The zero-order chi connectivity index (χ0) is 19.0. The van der Waals surface area contributed by atoms with E-state index in [2.05, 4.69) is 15.5 Å². The van der Waals surface area contributed by atoms with E-state index in [0.717, 1.165) is 38.4 Å². The van der Waals surface area contributed by atoms with Crippen LogP contribution < -0.4 is 10.6 Å². The number of benzene rings is 1. The fourth-order valence-electron chi connectivity index (χ4n) is 2.78. The number of amides is 2. The van der Waals surface area contributed by atoms with Gasteiger partial charge in [0.05, 0.1) is 19.3 Å². The molecule has 0 bridgehead atoms. The number of morpholine rings is 1. The second-order valence-corrected chi connectivity index (χ2v) is 7.70. The number of nitrogens with zero attached hydrogens (tertiary/aromatic N) is 1. The molecule has 1 saturated heterocycles. The molecule has 1 atom stereocenters. The summed E-state index contributed by atoms with van der Waals surface area (Å²) in [7, 11) is 0. The lowest BCUT2D eigenvalue weighted by molar-refractivity contribution is -0.128. The Morgan fingerprint density at radius 3 is 2.42 bits per heavy atom. The van der Waals surface area contributed by atoms with Crippen LogP contribution in [0.15, 0.2) is 30.3 Å². The third-order valence-corrected chi connectivity index (χ3v) is 4.40. The van der Waals surface area contributed by atoms with Gasteiger partial charge in [0.1, 0.15) is 0 Å². The van der Waals surface area contributed by atoms with E-state index in [4.69, 9.17) is 4.74 Å². The zero-order valence-corrected chi connectivity index (χ0v) is 16.1. The van der Waals surface area contributed by atoms with Gasteiger partial charge in [0.25, 0.3) is 0 Å². The molecule has 0 radical (unpaired) electrons. The highest BCUT2D eigenvalue weighted by atomic mass is 16.5. The number of nitrogens with one attached hydrogen (secondary N) is 2. The smallest absolute Gasteiger partial charge is 0.225 e. The Bertz CT molecular complexity index is 578. The first-order valence-electron chi connectivity index (χ1n) is 9.29. The molecule has 0 saturated carbocycles. The van der Waals surface area contributed by atoms with E-state index in [0.29, 0.717) is 6.54 Å². The molecule has 1 aromatic rings. The molecule has 1 aliphatic rings. The summed E-state index contributed by atoms with van der Waals surface area (Å²) in [6.45, 7) is 9.89. The van der Waals surface area contributed by atoms with Crippen molar-refractivity contribution in [3.05, 3.63) is 35.9 Å². The molecule has 6 nitrogen and oxygen atoms in total. The lowest BCUT2D eigenvalue weighted by atomic mass is 9.96. The van der Waals surface area contributed by atoms with Crippen LogP contribution in [0.5, 0.6) is 0 Å².